The molecule has 0 bridgehead atoms. The summed E-state index contributed by atoms with van der Waals surface area (Å²) < 4.78 is 1.65. The molecule has 1 N–H and O–H groups in total. The number of carbonyl (C=O) groups is 2. The van der Waals surface area contributed by atoms with Crippen molar-refractivity contribution in [3.8, 4) is 0 Å². The summed E-state index contributed by atoms with van der Waals surface area (Å²) in [5.41, 5.74) is -0.0994. The SMILES string of the molecule is Cc1nnnn1CCC(=O)N1CCN(C)[C@]2(CCNC(=O)CC2)C1. The predicted molar refractivity (Wildman–Crippen MR) is 86.0 cm³/mol. The minimum atomic E-state index is -0.0994. The number of piperazine rings is 1. The lowest BCUT2D eigenvalue weighted by Gasteiger charge is -2.49. The van der Waals surface area contributed by atoms with Crippen molar-refractivity contribution in [2.24, 2.45) is 0 Å². The van der Waals surface area contributed by atoms with Gasteiger partial charge in [-0.2, -0.15) is 0 Å². The molecule has 24 heavy (non-hydrogen) atoms. The average Bonchev–Trinajstić information content (AvgIpc) is 2.88. The Morgan fingerprint density at radius 1 is 1.33 bits per heavy atom. The van der Waals surface area contributed by atoms with Gasteiger partial charge in [-0.1, -0.05) is 0 Å². The molecule has 2 aliphatic heterocycles. The second kappa shape index (κ2) is 6.84. The maximum absolute atomic E-state index is 12.6. The molecule has 1 aromatic heterocycles. The van der Waals surface area contributed by atoms with Gasteiger partial charge in [0.15, 0.2) is 0 Å². The standard InChI is InChI=1S/C15H25N7O2/c1-12-17-18-19-22(12)8-4-14(24)21-10-9-20(2)15(11-21)5-3-13(23)16-7-6-15/h3-11H2,1-2H3,(H,16,23)/t15-/m1/s1. The van der Waals surface area contributed by atoms with Gasteiger partial charge in [0.1, 0.15) is 5.82 Å². The van der Waals surface area contributed by atoms with Crippen molar-refractivity contribution in [1.29, 1.82) is 0 Å². The number of nitrogens with one attached hydrogen (secondary N) is 1. The highest BCUT2D eigenvalue weighted by molar-refractivity contribution is 5.77. The van der Waals surface area contributed by atoms with E-state index in [-0.39, 0.29) is 17.4 Å². The van der Waals surface area contributed by atoms with E-state index in [1.165, 1.54) is 0 Å². The van der Waals surface area contributed by atoms with E-state index >= 15 is 0 Å². The first-order valence-corrected chi connectivity index (χ1v) is 8.49. The van der Waals surface area contributed by atoms with E-state index in [2.05, 4.69) is 32.8 Å². The van der Waals surface area contributed by atoms with Gasteiger partial charge in [-0.3, -0.25) is 14.5 Å². The van der Waals surface area contributed by atoms with Crippen LogP contribution in [0.1, 0.15) is 31.5 Å². The maximum Gasteiger partial charge on any atom is 0.224 e. The van der Waals surface area contributed by atoms with E-state index in [0.29, 0.717) is 38.3 Å². The van der Waals surface area contributed by atoms with E-state index in [1.807, 2.05) is 11.8 Å². The number of hydrogen-bond acceptors (Lipinski definition) is 6. The Kier molecular flexibility index (Phi) is 4.79. The smallest absolute Gasteiger partial charge is 0.224 e. The number of likely N-dealkylation sites (N-methyl/N-ethyl adjacent to an activating group) is 1. The van der Waals surface area contributed by atoms with Crippen LogP contribution < -0.4 is 5.32 Å². The molecule has 0 aliphatic carbocycles. The Bertz CT molecular complexity index is 617. The van der Waals surface area contributed by atoms with Crippen molar-refractivity contribution in [2.75, 3.05) is 33.2 Å². The largest absolute Gasteiger partial charge is 0.356 e. The van der Waals surface area contributed by atoms with Crippen LogP contribution in [-0.4, -0.2) is 80.6 Å². The monoisotopic (exact) mass is 335 g/mol. The molecule has 2 fully saturated rings. The molecule has 0 saturated carbocycles. The van der Waals surface area contributed by atoms with Gasteiger partial charge in [0.2, 0.25) is 11.8 Å². The molecule has 1 spiro atoms. The Hall–Kier alpha value is -2.03. The molecule has 0 aromatic carbocycles. The van der Waals surface area contributed by atoms with Gasteiger partial charge in [-0.15, -0.1) is 5.10 Å². The van der Waals surface area contributed by atoms with Crippen molar-refractivity contribution < 1.29 is 9.59 Å². The zero-order valence-corrected chi connectivity index (χ0v) is 14.4. The van der Waals surface area contributed by atoms with E-state index < -0.39 is 0 Å². The van der Waals surface area contributed by atoms with Crippen LogP contribution >= 0.6 is 0 Å². The van der Waals surface area contributed by atoms with Gasteiger partial charge in [0, 0.05) is 44.6 Å². The number of nitrogens with zero attached hydrogens (tertiary/aromatic N) is 6. The van der Waals surface area contributed by atoms with Gasteiger partial charge in [-0.05, 0) is 37.2 Å². The Morgan fingerprint density at radius 3 is 2.92 bits per heavy atom. The molecule has 132 valence electrons. The number of carbonyl (C=O) groups excluding carboxylic acids is 2. The third-order valence-corrected chi connectivity index (χ3v) is 5.33. The van der Waals surface area contributed by atoms with Gasteiger partial charge in [0.25, 0.3) is 0 Å². The first-order chi connectivity index (χ1) is 11.5. The van der Waals surface area contributed by atoms with Crippen molar-refractivity contribution in [2.45, 2.75) is 44.7 Å². The highest BCUT2D eigenvalue weighted by Crippen LogP contribution is 2.30. The molecule has 0 unspecified atom stereocenters. The number of hydrogen-bond donors (Lipinski definition) is 1. The van der Waals surface area contributed by atoms with Crippen LogP contribution in [-0.2, 0) is 16.1 Å². The lowest BCUT2D eigenvalue weighted by atomic mass is 9.86. The number of amides is 2. The molecule has 0 radical (unpaired) electrons. The van der Waals surface area contributed by atoms with Crippen LogP contribution in [0.4, 0.5) is 0 Å². The van der Waals surface area contributed by atoms with Crippen LogP contribution in [0.15, 0.2) is 0 Å². The summed E-state index contributed by atoms with van der Waals surface area (Å²) in [6.07, 6.45) is 2.59. The van der Waals surface area contributed by atoms with E-state index in [4.69, 9.17) is 0 Å². The van der Waals surface area contributed by atoms with Gasteiger partial charge in [0.05, 0.1) is 6.54 Å². The summed E-state index contributed by atoms with van der Waals surface area (Å²) in [6.45, 7) is 5.25. The summed E-state index contributed by atoms with van der Waals surface area (Å²) in [5, 5.41) is 14.3. The van der Waals surface area contributed by atoms with Gasteiger partial charge in [-0.25, -0.2) is 4.68 Å². The van der Waals surface area contributed by atoms with E-state index in [9.17, 15) is 9.59 Å². The first kappa shape index (κ1) is 16.8. The van der Waals surface area contributed by atoms with Gasteiger partial charge < -0.3 is 10.2 Å². The molecular weight excluding hydrogens is 310 g/mol. The second-order valence-corrected chi connectivity index (χ2v) is 6.76. The zero-order valence-electron chi connectivity index (χ0n) is 14.4. The fourth-order valence-corrected chi connectivity index (χ4v) is 3.63. The number of aryl methyl sites for hydroxylation is 2. The molecule has 9 heteroatoms. The quantitative estimate of drug-likeness (QED) is 0.776. The summed E-state index contributed by atoms with van der Waals surface area (Å²) in [7, 11) is 2.10. The van der Waals surface area contributed by atoms with E-state index in [0.717, 1.165) is 25.9 Å². The van der Waals surface area contributed by atoms with Crippen LogP contribution in [0.5, 0.6) is 0 Å². The zero-order chi connectivity index (χ0) is 17.2. The van der Waals surface area contributed by atoms with Crippen molar-refractivity contribution in [1.82, 2.24) is 35.3 Å². The minimum Gasteiger partial charge on any atom is -0.356 e. The lowest BCUT2D eigenvalue weighted by molar-refractivity contribution is -0.137. The predicted octanol–water partition coefficient (Wildman–Crippen LogP) is -0.815. The van der Waals surface area contributed by atoms with Crippen LogP contribution in [0.3, 0.4) is 0 Å². The lowest BCUT2D eigenvalue weighted by Crippen LogP contribution is -2.62. The minimum absolute atomic E-state index is 0.0994. The Labute approximate surface area is 141 Å². The molecular formula is C15H25N7O2. The Morgan fingerprint density at radius 2 is 2.17 bits per heavy atom. The normalized spacial score (nSPS) is 25.6. The first-order valence-electron chi connectivity index (χ1n) is 8.49. The molecule has 3 rings (SSSR count). The average molecular weight is 335 g/mol. The fraction of sp³-hybridized carbons (Fsp3) is 0.800. The Balaban J connectivity index is 1.62. The molecule has 3 heterocycles. The van der Waals surface area contributed by atoms with Crippen molar-refractivity contribution >= 4 is 11.8 Å². The number of tetrazole rings is 1. The van der Waals surface area contributed by atoms with Crippen LogP contribution in [0.2, 0.25) is 0 Å². The number of rotatable bonds is 3. The highest BCUT2D eigenvalue weighted by atomic mass is 16.2. The fourth-order valence-electron chi connectivity index (χ4n) is 3.63. The third kappa shape index (κ3) is 3.40. The second-order valence-electron chi connectivity index (χ2n) is 6.76. The molecule has 9 nitrogen and oxygen atoms in total. The topological polar surface area (TPSA) is 96.2 Å². The summed E-state index contributed by atoms with van der Waals surface area (Å²) in [5.74, 6) is 0.949. The maximum atomic E-state index is 12.6. The summed E-state index contributed by atoms with van der Waals surface area (Å²) in [6, 6.07) is 0. The van der Waals surface area contributed by atoms with Gasteiger partial charge >= 0.3 is 0 Å². The third-order valence-electron chi connectivity index (χ3n) is 5.33. The number of aromatic nitrogens is 4. The summed E-state index contributed by atoms with van der Waals surface area (Å²) >= 11 is 0. The van der Waals surface area contributed by atoms with Crippen molar-refractivity contribution in [3.05, 3.63) is 5.82 Å². The molecule has 2 aliphatic rings. The highest BCUT2D eigenvalue weighted by Gasteiger charge is 2.41. The molecule has 2 amide bonds. The van der Waals surface area contributed by atoms with Crippen molar-refractivity contribution in [3.63, 3.8) is 0 Å². The van der Waals surface area contributed by atoms with Crippen LogP contribution in [0, 0.1) is 6.92 Å². The summed E-state index contributed by atoms with van der Waals surface area (Å²) in [4.78, 5) is 28.6. The molecule has 2 saturated heterocycles. The molecule has 1 aromatic rings. The van der Waals surface area contributed by atoms with E-state index in [1.54, 1.807) is 4.68 Å². The molecule has 1 atom stereocenters. The van der Waals surface area contributed by atoms with Crippen LogP contribution in [0.25, 0.3) is 0 Å².